The number of phenols is 1. The Bertz CT molecular complexity index is 1590. The van der Waals surface area contributed by atoms with Gasteiger partial charge in [0.15, 0.2) is 11.5 Å². The van der Waals surface area contributed by atoms with E-state index < -0.39 is 5.54 Å². The van der Waals surface area contributed by atoms with Gasteiger partial charge in [0.05, 0.1) is 26.4 Å². The highest BCUT2D eigenvalue weighted by atomic mass is 16.5. The number of benzene rings is 3. The summed E-state index contributed by atoms with van der Waals surface area (Å²) in [4.78, 5) is 39.0. The summed E-state index contributed by atoms with van der Waals surface area (Å²) in [5.41, 5.74) is 2.25. The number of amides is 3. The molecule has 4 fully saturated rings. The molecule has 10 heteroatoms. The molecule has 0 radical (unpaired) electrons. The lowest BCUT2D eigenvalue weighted by atomic mass is 9.87. The number of rotatable bonds is 8. The smallest absolute Gasteiger partial charge is 0.328 e. The number of carbonyl (C=O) groups is 2. The van der Waals surface area contributed by atoms with Crippen LogP contribution < -0.4 is 9.64 Å². The van der Waals surface area contributed by atoms with Gasteiger partial charge in [-0.05, 0) is 41.1 Å². The standard InChI is InChI=1S/C34H41N5O5/c1-35(2)28-10-9-27(25-6-4-5-7-26(25)28)29-19-24-21-37(20-23-8-11-31(43-3)30(40)18-23)22-34(24)32(41)38(33(42)39(29)34)13-12-36-14-16-44-17-15-36/h4-11,18,24,29,40H,12-17,19-22H2,1-3H3/t24-,29-,34?/m1/s1. The Labute approximate surface area is 258 Å². The van der Waals surface area contributed by atoms with Crippen LogP contribution in [0, 0.1) is 5.92 Å². The first-order chi connectivity index (χ1) is 21.3. The van der Waals surface area contributed by atoms with Crippen molar-refractivity contribution >= 4 is 28.4 Å². The van der Waals surface area contributed by atoms with Gasteiger partial charge in [-0.2, -0.15) is 0 Å². The van der Waals surface area contributed by atoms with E-state index in [0.717, 1.165) is 47.1 Å². The fourth-order valence-corrected chi connectivity index (χ4v) is 8.02. The average molecular weight is 600 g/mol. The molecule has 1 N–H and O–H groups in total. The molecular formula is C34H41N5O5. The van der Waals surface area contributed by atoms with E-state index >= 15 is 0 Å². The first-order valence-electron chi connectivity index (χ1n) is 15.5. The second-order valence-electron chi connectivity index (χ2n) is 12.7. The molecule has 4 saturated heterocycles. The highest BCUT2D eigenvalue weighted by Crippen LogP contribution is 2.56. The first-order valence-corrected chi connectivity index (χ1v) is 15.5. The van der Waals surface area contributed by atoms with Gasteiger partial charge >= 0.3 is 6.03 Å². The van der Waals surface area contributed by atoms with Crippen LogP contribution in [0.25, 0.3) is 10.8 Å². The van der Waals surface area contributed by atoms with Crippen LogP contribution >= 0.6 is 0 Å². The summed E-state index contributed by atoms with van der Waals surface area (Å²) in [6.45, 7) is 5.73. The molecule has 10 nitrogen and oxygen atoms in total. The number of anilines is 1. The Morgan fingerprint density at radius 3 is 2.50 bits per heavy atom. The number of morpholine rings is 1. The van der Waals surface area contributed by atoms with E-state index in [2.05, 4.69) is 51.1 Å². The average Bonchev–Trinajstić information content (AvgIpc) is 3.60. The molecule has 3 aromatic carbocycles. The summed E-state index contributed by atoms with van der Waals surface area (Å²) in [7, 11) is 5.62. The normalized spacial score (nSPS) is 25.6. The van der Waals surface area contributed by atoms with Gasteiger partial charge in [0, 0.05) is 76.9 Å². The van der Waals surface area contributed by atoms with Gasteiger partial charge in [0.2, 0.25) is 0 Å². The molecule has 3 atom stereocenters. The maximum atomic E-state index is 14.5. The lowest BCUT2D eigenvalue weighted by Crippen LogP contribution is -2.51. The lowest BCUT2D eigenvalue weighted by molar-refractivity contribution is -0.133. The SMILES string of the molecule is COc1ccc(CN2C[C@H]3C[C@H](c4ccc(N(C)C)c5ccccc45)N4C(=O)N(CCN5CCOCC5)C(=O)C34C2)cc1O. The Morgan fingerprint density at radius 1 is 1.00 bits per heavy atom. The number of imide groups is 1. The summed E-state index contributed by atoms with van der Waals surface area (Å²) in [6, 6.07) is 17.7. The number of phenolic OH excluding ortho intramolecular Hbond substituents is 1. The van der Waals surface area contributed by atoms with Gasteiger partial charge in [-0.25, -0.2) is 4.79 Å². The van der Waals surface area contributed by atoms with Crippen molar-refractivity contribution < 1.29 is 24.2 Å². The Balaban J connectivity index is 1.23. The van der Waals surface area contributed by atoms with Crippen LogP contribution in [0.15, 0.2) is 54.6 Å². The minimum absolute atomic E-state index is 0.00327. The molecule has 4 heterocycles. The Kier molecular flexibility index (Phi) is 7.39. The summed E-state index contributed by atoms with van der Waals surface area (Å²) >= 11 is 0. The third kappa shape index (κ3) is 4.58. The van der Waals surface area contributed by atoms with E-state index in [9.17, 15) is 14.7 Å². The van der Waals surface area contributed by atoms with Crippen LogP contribution in [0.3, 0.4) is 0 Å². The number of hydrogen-bond donors (Lipinski definition) is 1. The molecule has 3 amide bonds. The van der Waals surface area contributed by atoms with Gasteiger partial charge in [-0.15, -0.1) is 0 Å². The van der Waals surface area contributed by atoms with Crippen LogP contribution in [0.2, 0.25) is 0 Å². The topological polar surface area (TPSA) is 89.0 Å². The Hall–Kier alpha value is -3.86. The van der Waals surface area contributed by atoms with E-state index in [4.69, 9.17) is 9.47 Å². The lowest BCUT2D eigenvalue weighted by Gasteiger charge is -2.32. The molecule has 1 unspecified atom stereocenters. The third-order valence-electron chi connectivity index (χ3n) is 10.1. The van der Waals surface area contributed by atoms with Gasteiger partial charge in [0.25, 0.3) is 5.91 Å². The van der Waals surface area contributed by atoms with Crippen molar-refractivity contribution in [1.29, 1.82) is 0 Å². The molecule has 3 aromatic rings. The van der Waals surface area contributed by atoms with E-state index in [0.29, 0.717) is 51.7 Å². The number of ether oxygens (including phenoxy) is 2. The van der Waals surface area contributed by atoms with E-state index in [-0.39, 0.29) is 29.6 Å². The van der Waals surface area contributed by atoms with Crippen LogP contribution in [-0.4, -0.2) is 116 Å². The Morgan fingerprint density at radius 2 is 1.77 bits per heavy atom. The van der Waals surface area contributed by atoms with Crippen molar-refractivity contribution in [1.82, 2.24) is 19.6 Å². The summed E-state index contributed by atoms with van der Waals surface area (Å²) in [5.74, 6) is 0.451. The number of hydrogen-bond acceptors (Lipinski definition) is 8. The highest BCUT2D eigenvalue weighted by molar-refractivity contribution is 6.09. The molecule has 0 aromatic heterocycles. The van der Waals surface area contributed by atoms with Crippen LogP contribution in [0.1, 0.15) is 23.6 Å². The second-order valence-corrected chi connectivity index (χ2v) is 12.7. The van der Waals surface area contributed by atoms with Crippen molar-refractivity contribution in [2.75, 3.05) is 78.6 Å². The van der Waals surface area contributed by atoms with Crippen LogP contribution in [0.5, 0.6) is 11.5 Å². The molecule has 0 bridgehead atoms. The first kappa shape index (κ1) is 28.9. The quantitative estimate of drug-likeness (QED) is 0.394. The predicted molar refractivity (Wildman–Crippen MR) is 168 cm³/mol. The summed E-state index contributed by atoms with van der Waals surface area (Å²) < 4.78 is 10.7. The van der Waals surface area contributed by atoms with E-state index in [1.54, 1.807) is 12.1 Å². The van der Waals surface area contributed by atoms with Gasteiger partial charge in [0.1, 0.15) is 5.54 Å². The largest absolute Gasteiger partial charge is 0.504 e. The minimum Gasteiger partial charge on any atom is -0.504 e. The third-order valence-corrected chi connectivity index (χ3v) is 10.1. The number of methoxy groups -OCH3 is 1. The van der Waals surface area contributed by atoms with Gasteiger partial charge < -0.3 is 24.4 Å². The van der Waals surface area contributed by atoms with Crippen LogP contribution in [-0.2, 0) is 16.1 Å². The summed E-state index contributed by atoms with van der Waals surface area (Å²) in [5, 5.41) is 12.6. The summed E-state index contributed by atoms with van der Waals surface area (Å²) in [6.07, 6.45) is 0.727. The monoisotopic (exact) mass is 599 g/mol. The number of carbonyl (C=O) groups excluding carboxylic acids is 2. The number of aromatic hydroxyl groups is 1. The van der Waals surface area contributed by atoms with Crippen molar-refractivity contribution in [3.63, 3.8) is 0 Å². The van der Waals surface area contributed by atoms with Gasteiger partial charge in [-0.3, -0.25) is 19.5 Å². The molecule has 0 saturated carbocycles. The van der Waals surface area contributed by atoms with Crippen molar-refractivity contribution in [2.24, 2.45) is 5.92 Å². The minimum atomic E-state index is -0.914. The molecule has 1 spiro atoms. The molecule has 4 aliphatic heterocycles. The number of likely N-dealkylation sites (tertiary alicyclic amines) is 1. The zero-order valence-corrected chi connectivity index (χ0v) is 25.7. The van der Waals surface area contributed by atoms with E-state index in [1.165, 1.54) is 12.0 Å². The predicted octanol–water partition coefficient (Wildman–Crippen LogP) is 3.53. The van der Waals surface area contributed by atoms with Gasteiger partial charge in [-0.1, -0.05) is 36.4 Å². The van der Waals surface area contributed by atoms with Crippen molar-refractivity contribution in [3.8, 4) is 11.5 Å². The maximum absolute atomic E-state index is 14.5. The fraction of sp³-hybridized carbons (Fsp3) is 0.471. The molecular weight excluding hydrogens is 558 g/mol. The number of nitrogens with zero attached hydrogens (tertiary/aromatic N) is 5. The number of urea groups is 1. The fourth-order valence-electron chi connectivity index (χ4n) is 8.02. The zero-order chi connectivity index (χ0) is 30.6. The van der Waals surface area contributed by atoms with Crippen molar-refractivity contribution in [2.45, 2.75) is 24.5 Å². The molecule has 7 rings (SSSR count). The molecule has 0 aliphatic carbocycles. The molecule has 44 heavy (non-hydrogen) atoms. The van der Waals surface area contributed by atoms with Crippen molar-refractivity contribution in [3.05, 3.63) is 65.7 Å². The van der Waals surface area contributed by atoms with E-state index in [1.807, 2.05) is 25.1 Å². The van der Waals surface area contributed by atoms with Crippen LogP contribution in [0.4, 0.5) is 10.5 Å². The zero-order valence-electron chi connectivity index (χ0n) is 25.7. The maximum Gasteiger partial charge on any atom is 0.328 e. The second kappa shape index (κ2) is 11.3. The number of fused-ring (bicyclic) bond motifs is 1. The molecule has 4 aliphatic rings. The highest BCUT2D eigenvalue weighted by Gasteiger charge is 2.70. The molecule has 232 valence electrons.